The van der Waals surface area contributed by atoms with Gasteiger partial charge in [0.1, 0.15) is 6.04 Å². The number of nitrogens with zero attached hydrogens (tertiary/aromatic N) is 4. The molecule has 114 valence electrons. The van der Waals surface area contributed by atoms with E-state index >= 15 is 0 Å². The SMILES string of the molecule is CCOc1nc(NC)nc(NC2CCC(=O)N(C)C2=O)n1. The standard InChI is InChI=1S/C12H18N6O3/c1-4-21-12-16-10(13-2)15-11(17-12)14-7-5-6-8(19)18(3)9(7)20/h7H,4-6H2,1-3H3,(H2,13,14,15,16,17). The van der Waals surface area contributed by atoms with Crippen LogP contribution in [0.4, 0.5) is 11.9 Å². The number of hydrogen-bond acceptors (Lipinski definition) is 8. The van der Waals surface area contributed by atoms with E-state index in [1.165, 1.54) is 7.05 Å². The lowest BCUT2D eigenvalue weighted by Gasteiger charge is -2.28. The van der Waals surface area contributed by atoms with Crippen LogP contribution >= 0.6 is 0 Å². The highest BCUT2D eigenvalue weighted by molar-refractivity contribution is 6.01. The second-order valence-corrected chi connectivity index (χ2v) is 4.47. The van der Waals surface area contributed by atoms with Crippen LogP contribution in [0.5, 0.6) is 6.01 Å². The molecule has 1 aromatic heterocycles. The summed E-state index contributed by atoms with van der Waals surface area (Å²) in [5.74, 6) is 0.0952. The van der Waals surface area contributed by atoms with E-state index in [1.807, 2.05) is 6.92 Å². The Bertz CT molecular complexity index is 550. The van der Waals surface area contributed by atoms with Gasteiger partial charge < -0.3 is 15.4 Å². The first-order valence-corrected chi connectivity index (χ1v) is 6.68. The van der Waals surface area contributed by atoms with E-state index in [1.54, 1.807) is 7.05 Å². The molecule has 0 spiro atoms. The number of likely N-dealkylation sites (N-methyl/N-ethyl adjacent to an activating group) is 1. The van der Waals surface area contributed by atoms with Gasteiger partial charge in [0.2, 0.25) is 17.8 Å². The quantitative estimate of drug-likeness (QED) is 0.723. The van der Waals surface area contributed by atoms with Crippen LogP contribution in [-0.2, 0) is 9.59 Å². The summed E-state index contributed by atoms with van der Waals surface area (Å²) in [7, 11) is 3.14. The lowest BCUT2D eigenvalue weighted by Crippen LogP contribution is -2.48. The first-order chi connectivity index (χ1) is 10.0. The molecule has 0 aromatic carbocycles. The molecule has 21 heavy (non-hydrogen) atoms. The maximum Gasteiger partial charge on any atom is 0.323 e. The van der Waals surface area contributed by atoms with E-state index in [4.69, 9.17) is 4.74 Å². The van der Waals surface area contributed by atoms with Gasteiger partial charge >= 0.3 is 6.01 Å². The molecule has 1 atom stereocenters. The molecule has 0 radical (unpaired) electrons. The van der Waals surface area contributed by atoms with Gasteiger partial charge in [0, 0.05) is 20.5 Å². The van der Waals surface area contributed by atoms with Gasteiger partial charge in [-0.3, -0.25) is 14.5 Å². The Morgan fingerprint density at radius 2 is 2.00 bits per heavy atom. The highest BCUT2D eigenvalue weighted by Gasteiger charge is 2.32. The Hall–Kier alpha value is -2.45. The average Bonchev–Trinajstić information content (AvgIpc) is 2.48. The number of piperidine rings is 1. The molecule has 9 heteroatoms. The van der Waals surface area contributed by atoms with E-state index in [0.29, 0.717) is 25.4 Å². The van der Waals surface area contributed by atoms with Crippen LogP contribution in [0, 0.1) is 0 Å². The summed E-state index contributed by atoms with van der Waals surface area (Å²) < 4.78 is 5.25. The minimum atomic E-state index is -0.533. The second-order valence-electron chi connectivity index (χ2n) is 4.47. The Kier molecular flexibility index (Phi) is 4.51. The summed E-state index contributed by atoms with van der Waals surface area (Å²) in [4.78, 5) is 36.8. The fourth-order valence-corrected chi connectivity index (χ4v) is 1.93. The number of likely N-dealkylation sites (tertiary alicyclic amines) is 1. The number of anilines is 2. The monoisotopic (exact) mass is 294 g/mol. The summed E-state index contributed by atoms with van der Waals surface area (Å²) in [6.07, 6.45) is 0.717. The molecule has 1 fully saturated rings. The fourth-order valence-electron chi connectivity index (χ4n) is 1.93. The van der Waals surface area contributed by atoms with Gasteiger partial charge in [-0.05, 0) is 13.3 Å². The Labute approximate surface area is 122 Å². The van der Waals surface area contributed by atoms with Gasteiger partial charge in [0.15, 0.2) is 0 Å². The molecule has 2 N–H and O–H groups in total. The van der Waals surface area contributed by atoms with Crippen LogP contribution in [0.2, 0.25) is 0 Å². The lowest BCUT2D eigenvalue weighted by atomic mass is 10.1. The van der Waals surface area contributed by atoms with Crippen molar-refractivity contribution < 1.29 is 14.3 Å². The summed E-state index contributed by atoms with van der Waals surface area (Å²) in [5, 5.41) is 5.73. The zero-order chi connectivity index (χ0) is 15.4. The molecule has 1 aromatic rings. The smallest absolute Gasteiger partial charge is 0.323 e. The molecular weight excluding hydrogens is 276 g/mol. The van der Waals surface area contributed by atoms with Gasteiger partial charge in [0.25, 0.3) is 5.91 Å². The molecule has 0 saturated carbocycles. The van der Waals surface area contributed by atoms with Crippen molar-refractivity contribution in [2.75, 3.05) is 31.3 Å². The molecule has 0 aliphatic carbocycles. The van der Waals surface area contributed by atoms with Crippen molar-refractivity contribution in [3.05, 3.63) is 0 Å². The van der Waals surface area contributed by atoms with E-state index in [9.17, 15) is 9.59 Å². The zero-order valence-electron chi connectivity index (χ0n) is 12.2. The topological polar surface area (TPSA) is 109 Å². The van der Waals surface area contributed by atoms with Gasteiger partial charge in [-0.1, -0.05) is 0 Å². The van der Waals surface area contributed by atoms with Crippen molar-refractivity contribution in [3.8, 4) is 6.01 Å². The number of amides is 2. The third-order valence-electron chi connectivity index (χ3n) is 3.06. The molecule has 9 nitrogen and oxygen atoms in total. The van der Waals surface area contributed by atoms with Crippen molar-refractivity contribution in [2.24, 2.45) is 0 Å². The first kappa shape index (κ1) is 14.9. The van der Waals surface area contributed by atoms with Crippen LogP contribution < -0.4 is 15.4 Å². The van der Waals surface area contributed by atoms with Crippen LogP contribution in [-0.4, -0.2) is 58.4 Å². The number of hydrogen-bond donors (Lipinski definition) is 2. The number of aromatic nitrogens is 3. The molecule has 2 amide bonds. The summed E-state index contributed by atoms with van der Waals surface area (Å²) in [6.45, 7) is 2.24. The molecular formula is C12H18N6O3. The van der Waals surface area contributed by atoms with Crippen LogP contribution in [0.1, 0.15) is 19.8 Å². The van der Waals surface area contributed by atoms with Crippen molar-refractivity contribution in [1.29, 1.82) is 0 Å². The highest BCUT2D eigenvalue weighted by atomic mass is 16.5. The maximum absolute atomic E-state index is 12.0. The summed E-state index contributed by atoms with van der Waals surface area (Å²) in [6, 6.07) is -0.360. The number of imide groups is 1. The van der Waals surface area contributed by atoms with Crippen LogP contribution in [0.3, 0.4) is 0 Å². The van der Waals surface area contributed by atoms with Gasteiger partial charge in [0.05, 0.1) is 6.61 Å². The molecule has 0 bridgehead atoms. The fraction of sp³-hybridized carbons (Fsp3) is 0.583. The molecule has 1 aliphatic heterocycles. The molecule has 1 saturated heterocycles. The van der Waals surface area contributed by atoms with E-state index in [2.05, 4.69) is 25.6 Å². The van der Waals surface area contributed by atoms with Crippen molar-refractivity contribution >= 4 is 23.7 Å². The predicted molar refractivity (Wildman–Crippen MR) is 75.0 cm³/mol. The number of rotatable bonds is 5. The molecule has 2 rings (SSSR count). The largest absolute Gasteiger partial charge is 0.464 e. The van der Waals surface area contributed by atoms with Crippen molar-refractivity contribution in [1.82, 2.24) is 19.9 Å². The lowest BCUT2D eigenvalue weighted by molar-refractivity contribution is -0.146. The Morgan fingerprint density at radius 3 is 2.67 bits per heavy atom. The summed E-state index contributed by atoms with van der Waals surface area (Å²) in [5.41, 5.74) is 0. The number of carbonyl (C=O) groups is 2. The normalized spacial score (nSPS) is 18.6. The highest BCUT2D eigenvalue weighted by Crippen LogP contribution is 2.17. The minimum absolute atomic E-state index is 0.173. The van der Waals surface area contributed by atoms with Crippen LogP contribution in [0.15, 0.2) is 0 Å². The van der Waals surface area contributed by atoms with Gasteiger partial charge in [-0.15, -0.1) is 0 Å². The third kappa shape index (κ3) is 3.36. The number of nitrogens with one attached hydrogen (secondary N) is 2. The Balaban J connectivity index is 2.16. The second kappa shape index (κ2) is 6.33. The van der Waals surface area contributed by atoms with E-state index < -0.39 is 6.04 Å². The van der Waals surface area contributed by atoms with Crippen molar-refractivity contribution in [2.45, 2.75) is 25.8 Å². The minimum Gasteiger partial charge on any atom is -0.464 e. The van der Waals surface area contributed by atoms with E-state index in [0.717, 1.165) is 4.90 Å². The predicted octanol–water partition coefficient (Wildman–Crippen LogP) is -0.129. The molecule has 1 unspecified atom stereocenters. The first-order valence-electron chi connectivity index (χ1n) is 6.68. The zero-order valence-corrected chi connectivity index (χ0v) is 12.2. The van der Waals surface area contributed by atoms with Gasteiger partial charge in [-0.2, -0.15) is 15.0 Å². The van der Waals surface area contributed by atoms with Gasteiger partial charge in [-0.25, -0.2) is 0 Å². The molecule has 2 heterocycles. The third-order valence-corrected chi connectivity index (χ3v) is 3.06. The van der Waals surface area contributed by atoms with Crippen molar-refractivity contribution in [3.63, 3.8) is 0 Å². The number of carbonyl (C=O) groups excluding carboxylic acids is 2. The number of ether oxygens (including phenoxy) is 1. The summed E-state index contributed by atoms with van der Waals surface area (Å²) >= 11 is 0. The maximum atomic E-state index is 12.0. The molecule has 1 aliphatic rings. The average molecular weight is 294 g/mol. The van der Waals surface area contributed by atoms with Crippen LogP contribution in [0.25, 0.3) is 0 Å². The van der Waals surface area contributed by atoms with E-state index in [-0.39, 0.29) is 23.8 Å². The Morgan fingerprint density at radius 1 is 1.29 bits per heavy atom.